The Bertz CT molecular complexity index is 233. The molecule has 0 aliphatic rings. The number of hydrogen-bond donors (Lipinski definition) is 2. The van der Waals surface area contributed by atoms with Crippen molar-refractivity contribution in [2.75, 3.05) is 0 Å². The molecule has 2 nitrogen and oxygen atoms in total. The van der Waals surface area contributed by atoms with Gasteiger partial charge in [-0.15, -0.1) is 0 Å². The minimum Gasteiger partial charge on any atom is -0.379 e. The predicted octanol–water partition coefficient (Wildman–Crippen LogP) is 1.88. The van der Waals surface area contributed by atoms with Gasteiger partial charge in [0, 0.05) is 11.0 Å². The summed E-state index contributed by atoms with van der Waals surface area (Å²) in [7, 11) is 0. The number of halogens is 1. The van der Waals surface area contributed by atoms with Crippen molar-refractivity contribution in [1.29, 1.82) is 0 Å². The first-order valence-corrected chi connectivity index (χ1v) is 4.63. The minimum atomic E-state index is -0.450. The van der Waals surface area contributed by atoms with E-state index in [0.717, 1.165) is 4.47 Å². The van der Waals surface area contributed by atoms with Crippen LogP contribution in [0, 0.1) is 0 Å². The molecule has 0 aliphatic carbocycles. The molecule has 1 unspecified atom stereocenters. The molecule has 0 saturated heterocycles. The first-order valence-electron chi connectivity index (χ1n) is 3.84. The van der Waals surface area contributed by atoms with E-state index < -0.39 is 6.23 Å². The molecule has 2 N–H and O–H groups in total. The van der Waals surface area contributed by atoms with Gasteiger partial charge in [-0.3, -0.25) is 5.32 Å². The maximum atomic E-state index is 8.95. The maximum absolute atomic E-state index is 8.95. The highest BCUT2D eigenvalue weighted by atomic mass is 79.9. The summed E-state index contributed by atoms with van der Waals surface area (Å²) in [6.45, 7) is 2.41. The Morgan fingerprint density at radius 1 is 1.42 bits per heavy atom. The number of nitrogens with one attached hydrogen (secondary N) is 1. The first kappa shape index (κ1) is 9.71. The van der Waals surface area contributed by atoms with Gasteiger partial charge >= 0.3 is 0 Å². The van der Waals surface area contributed by atoms with Gasteiger partial charge in [-0.2, -0.15) is 0 Å². The van der Waals surface area contributed by atoms with Crippen molar-refractivity contribution in [1.82, 2.24) is 5.32 Å². The Labute approximate surface area is 80.7 Å². The van der Waals surface area contributed by atoms with Crippen molar-refractivity contribution in [2.45, 2.75) is 19.7 Å². The minimum absolute atomic E-state index is 0.450. The molecule has 0 heterocycles. The molecule has 66 valence electrons. The molecule has 0 radical (unpaired) electrons. The monoisotopic (exact) mass is 229 g/mol. The normalized spacial score (nSPS) is 12.9. The predicted molar refractivity (Wildman–Crippen MR) is 52.7 cm³/mol. The summed E-state index contributed by atoms with van der Waals surface area (Å²) in [5.74, 6) is 0. The zero-order chi connectivity index (χ0) is 8.97. The van der Waals surface area contributed by atoms with Gasteiger partial charge in [0.15, 0.2) is 0 Å². The molecular formula is C9H12BrNO. The molecule has 1 rings (SSSR count). The fraction of sp³-hybridized carbons (Fsp3) is 0.333. The Morgan fingerprint density at radius 3 is 2.50 bits per heavy atom. The lowest BCUT2D eigenvalue weighted by atomic mass is 10.2. The number of aliphatic hydroxyl groups excluding tert-OH is 1. The van der Waals surface area contributed by atoms with Gasteiger partial charge < -0.3 is 5.11 Å². The van der Waals surface area contributed by atoms with E-state index in [1.165, 1.54) is 5.56 Å². The van der Waals surface area contributed by atoms with E-state index in [9.17, 15) is 0 Å². The van der Waals surface area contributed by atoms with Crippen molar-refractivity contribution in [3.8, 4) is 0 Å². The Morgan fingerprint density at radius 2 is 2.00 bits per heavy atom. The number of aliphatic hydroxyl groups is 1. The van der Waals surface area contributed by atoms with Crippen LogP contribution in [0.4, 0.5) is 0 Å². The van der Waals surface area contributed by atoms with E-state index in [4.69, 9.17) is 5.11 Å². The maximum Gasteiger partial charge on any atom is 0.102 e. The lowest BCUT2D eigenvalue weighted by molar-refractivity contribution is 0.155. The van der Waals surface area contributed by atoms with Crippen LogP contribution < -0.4 is 5.32 Å². The van der Waals surface area contributed by atoms with Gasteiger partial charge in [-0.1, -0.05) is 28.1 Å². The van der Waals surface area contributed by atoms with E-state index in [2.05, 4.69) is 21.2 Å². The van der Waals surface area contributed by atoms with E-state index in [0.29, 0.717) is 6.54 Å². The average Bonchev–Trinajstić information content (AvgIpc) is 2.03. The SMILES string of the molecule is CC(O)NCc1ccc(Br)cc1. The van der Waals surface area contributed by atoms with Gasteiger partial charge in [0.1, 0.15) is 6.23 Å². The number of hydrogen-bond acceptors (Lipinski definition) is 2. The molecule has 3 heteroatoms. The third-order valence-electron chi connectivity index (χ3n) is 1.51. The van der Waals surface area contributed by atoms with E-state index in [1.807, 2.05) is 24.3 Å². The summed E-state index contributed by atoms with van der Waals surface area (Å²) in [4.78, 5) is 0. The van der Waals surface area contributed by atoms with Crippen LogP contribution in [0.2, 0.25) is 0 Å². The van der Waals surface area contributed by atoms with Gasteiger partial charge in [0.05, 0.1) is 0 Å². The van der Waals surface area contributed by atoms with E-state index in [1.54, 1.807) is 6.92 Å². The first-order chi connectivity index (χ1) is 5.68. The highest BCUT2D eigenvalue weighted by Gasteiger charge is 1.94. The smallest absolute Gasteiger partial charge is 0.102 e. The quantitative estimate of drug-likeness (QED) is 0.777. The van der Waals surface area contributed by atoms with Crippen LogP contribution in [-0.2, 0) is 6.54 Å². The van der Waals surface area contributed by atoms with Crippen molar-refractivity contribution in [3.05, 3.63) is 34.3 Å². The van der Waals surface area contributed by atoms with Gasteiger partial charge in [-0.05, 0) is 24.6 Å². The fourth-order valence-electron chi connectivity index (χ4n) is 0.868. The molecule has 0 aromatic heterocycles. The summed E-state index contributed by atoms with van der Waals surface area (Å²) in [5, 5.41) is 11.9. The van der Waals surface area contributed by atoms with Gasteiger partial charge in [0.2, 0.25) is 0 Å². The van der Waals surface area contributed by atoms with Gasteiger partial charge in [0.25, 0.3) is 0 Å². The Kier molecular flexibility index (Phi) is 3.72. The second-order valence-corrected chi connectivity index (χ2v) is 3.60. The topological polar surface area (TPSA) is 32.3 Å². The zero-order valence-corrected chi connectivity index (χ0v) is 8.51. The lowest BCUT2D eigenvalue weighted by Gasteiger charge is -2.06. The van der Waals surface area contributed by atoms with Crippen LogP contribution in [0.25, 0.3) is 0 Å². The molecule has 0 aliphatic heterocycles. The lowest BCUT2D eigenvalue weighted by Crippen LogP contribution is -2.24. The summed E-state index contributed by atoms with van der Waals surface area (Å²) in [6, 6.07) is 8.00. The molecule has 0 saturated carbocycles. The van der Waals surface area contributed by atoms with E-state index in [-0.39, 0.29) is 0 Å². The largest absolute Gasteiger partial charge is 0.379 e. The number of benzene rings is 1. The molecule has 0 amide bonds. The zero-order valence-electron chi connectivity index (χ0n) is 6.92. The molecular weight excluding hydrogens is 218 g/mol. The van der Waals surface area contributed by atoms with Crippen LogP contribution in [0.5, 0.6) is 0 Å². The second kappa shape index (κ2) is 4.60. The highest BCUT2D eigenvalue weighted by molar-refractivity contribution is 9.10. The fourth-order valence-corrected chi connectivity index (χ4v) is 1.13. The molecule has 0 bridgehead atoms. The van der Waals surface area contributed by atoms with Crippen molar-refractivity contribution in [3.63, 3.8) is 0 Å². The molecule has 1 aromatic rings. The van der Waals surface area contributed by atoms with Gasteiger partial charge in [-0.25, -0.2) is 0 Å². The molecule has 1 atom stereocenters. The third kappa shape index (κ3) is 3.34. The number of rotatable bonds is 3. The third-order valence-corrected chi connectivity index (χ3v) is 2.04. The van der Waals surface area contributed by atoms with Crippen molar-refractivity contribution >= 4 is 15.9 Å². The van der Waals surface area contributed by atoms with Crippen molar-refractivity contribution in [2.24, 2.45) is 0 Å². The van der Waals surface area contributed by atoms with Crippen LogP contribution >= 0.6 is 15.9 Å². The molecule has 0 spiro atoms. The standard InChI is InChI=1S/C9H12BrNO/c1-7(12)11-6-8-2-4-9(10)5-3-8/h2-5,7,11-12H,6H2,1H3. The highest BCUT2D eigenvalue weighted by Crippen LogP contribution is 2.10. The summed E-state index contributed by atoms with van der Waals surface area (Å²) in [5.41, 5.74) is 1.17. The van der Waals surface area contributed by atoms with Crippen LogP contribution in [0.1, 0.15) is 12.5 Å². The average molecular weight is 230 g/mol. The van der Waals surface area contributed by atoms with E-state index >= 15 is 0 Å². The summed E-state index contributed by atoms with van der Waals surface area (Å²) in [6.07, 6.45) is -0.450. The molecule has 1 aromatic carbocycles. The Hall–Kier alpha value is -0.380. The van der Waals surface area contributed by atoms with Crippen LogP contribution in [0.3, 0.4) is 0 Å². The molecule has 12 heavy (non-hydrogen) atoms. The van der Waals surface area contributed by atoms with Crippen LogP contribution in [-0.4, -0.2) is 11.3 Å². The van der Waals surface area contributed by atoms with Crippen LogP contribution in [0.15, 0.2) is 28.7 Å². The second-order valence-electron chi connectivity index (χ2n) is 2.68. The molecule has 0 fully saturated rings. The summed E-state index contributed by atoms with van der Waals surface area (Å²) < 4.78 is 1.07. The van der Waals surface area contributed by atoms with Crippen molar-refractivity contribution < 1.29 is 5.11 Å². The summed E-state index contributed by atoms with van der Waals surface area (Å²) >= 11 is 3.36. The Balaban J connectivity index is 2.48.